The molecule has 0 saturated heterocycles. The van der Waals surface area contributed by atoms with Gasteiger partial charge in [0.1, 0.15) is 5.75 Å². The Hall–Kier alpha value is -4.60. The van der Waals surface area contributed by atoms with Gasteiger partial charge >= 0.3 is 12.1 Å². The molecule has 0 aliphatic rings. The summed E-state index contributed by atoms with van der Waals surface area (Å²) in [5, 5.41) is 8.86. The molecule has 4 aromatic rings. The molecule has 1 heterocycles. The normalized spacial score (nSPS) is 11.5. The van der Waals surface area contributed by atoms with E-state index in [0.717, 1.165) is 45.7 Å². The van der Waals surface area contributed by atoms with Crippen molar-refractivity contribution in [2.75, 3.05) is 18.1 Å². The number of ether oxygens (including phenoxy) is 2. The number of aryl methyl sites for hydroxylation is 2. The van der Waals surface area contributed by atoms with Crippen molar-refractivity contribution < 1.29 is 32.5 Å². The van der Waals surface area contributed by atoms with Crippen molar-refractivity contribution in [3.8, 4) is 22.6 Å². The summed E-state index contributed by atoms with van der Waals surface area (Å²) in [5.41, 5.74) is 5.25. The summed E-state index contributed by atoms with van der Waals surface area (Å²) >= 11 is 0. The summed E-state index contributed by atoms with van der Waals surface area (Å²) in [4.78, 5) is 21.7. The van der Waals surface area contributed by atoms with Crippen LogP contribution in [0.15, 0.2) is 67.0 Å². The minimum Gasteiger partial charge on any atom is -0.493 e. The maximum absolute atomic E-state index is 13.7. The Bertz CT molecular complexity index is 1640. The molecule has 0 aliphatic carbocycles. The molecule has 0 amide bonds. The molecule has 244 valence electrons. The maximum atomic E-state index is 13.7. The Labute approximate surface area is 268 Å². The molecule has 1 N–H and O–H groups in total. The quantitative estimate of drug-likeness (QED) is 0.139. The van der Waals surface area contributed by atoms with Crippen molar-refractivity contribution in [1.82, 2.24) is 9.97 Å². The van der Waals surface area contributed by atoms with E-state index in [9.17, 15) is 18.0 Å². The highest BCUT2D eigenvalue weighted by atomic mass is 19.4. The second-order valence-corrected chi connectivity index (χ2v) is 11.6. The number of hydrogen-bond donors (Lipinski definition) is 1. The van der Waals surface area contributed by atoms with Crippen LogP contribution in [-0.4, -0.2) is 34.3 Å². The number of aromatic nitrogens is 2. The first kappa shape index (κ1) is 34.3. The predicted molar refractivity (Wildman–Crippen MR) is 172 cm³/mol. The largest absolute Gasteiger partial charge is 0.493 e. The van der Waals surface area contributed by atoms with E-state index in [1.807, 2.05) is 36.9 Å². The van der Waals surface area contributed by atoms with Crippen LogP contribution in [0.2, 0.25) is 0 Å². The summed E-state index contributed by atoms with van der Waals surface area (Å²) < 4.78 is 52.9. The smallest absolute Gasteiger partial charge is 0.416 e. The molecule has 0 bridgehead atoms. The number of nitrogens with zero attached hydrogens (tertiary/aromatic N) is 3. The lowest BCUT2D eigenvalue weighted by Crippen LogP contribution is -2.25. The summed E-state index contributed by atoms with van der Waals surface area (Å²) in [6.45, 7) is 10.9. The Morgan fingerprint density at radius 2 is 1.65 bits per heavy atom. The number of aliphatic carboxylic acids is 1. The highest BCUT2D eigenvalue weighted by Crippen LogP contribution is 2.37. The van der Waals surface area contributed by atoms with E-state index < -0.39 is 17.7 Å². The molecule has 3 aromatic carbocycles. The summed E-state index contributed by atoms with van der Waals surface area (Å²) in [6, 6.07) is 16.4. The molecular formula is C36H40F3N3O4. The molecule has 4 rings (SSSR count). The Kier molecular flexibility index (Phi) is 11.3. The fourth-order valence-electron chi connectivity index (χ4n) is 5.22. The molecule has 0 saturated carbocycles. The van der Waals surface area contributed by atoms with Gasteiger partial charge in [-0.05, 0) is 79.6 Å². The van der Waals surface area contributed by atoms with Crippen molar-refractivity contribution in [3.05, 3.63) is 100 Å². The highest BCUT2D eigenvalue weighted by molar-refractivity contribution is 5.75. The van der Waals surface area contributed by atoms with Gasteiger partial charge in [0, 0.05) is 25.1 Å². The van der Waals surface area contributed by atoms with Crippen LogP contribution in [0.1, 0.15) is 72.9 Å². The van der Waals surface area contributed by atoms with Gasteiger partial charge < -0.3 is 19.5 Å². The molecular weight excluding hydrogens is 595 g/mol. The Morgan fingerprint density at radius 3 is 2.30 bits per heavy atom. The number of halogens is 3. The Balaban J connectivity index is 1.76. The van der Waals surface area contributed by atoms with Crippen LogP contribution in [0.5, 0.6) is 11.5 Å². The molecule has 46 heavy (non-hydrogen) atoms. The van der Waals surface area contributed by atoms with Crippen LogP contribution in [0, 0.1) is 13.8 Å². The number of carboxylic acids is 1. The number of anilines is 1. The molecule has 0 aliphatic heterocycles. The zero-order valence-corrected chi connectivity index (χ0v) is 26.8. The van der Waals surface area contributed by atoms with E-state index in [2.05, 4.69) is 42.0 Å². The Morgan fingerprint density at radius 1 is 0.913 bits per heavy atom. The third-order valence-corrected chi connectivity index (χ3v) is 7.42. The second-order valence-electron chi connectivity index (χ2n) is 11.6. The maximum Gasteiger partial charge on any atom is 0.416 e. The van der Waals surface area contributed by atoms with Crippen LogP contribution < -0.4 is 14.4 Å². The van der Waals surface area contributed by atoms with Crippen LogP contribution in [0.25, 0.3) is 11.1 Å². The lowest BCUT2D eigenvalue weighted by atomic mass is 9.92. The average molecular weight is 636 g/mol. The van der Waals surface area contributed by atoms with E-state index in [1.54, 1.807) is 13.0 Å². The molecule has 0 unspecified atom stereocenters. The highest BCUT2D eigenvalue weighted by Gasteiger charge is 2.31. The van der Waals surface area contributed by atoms with Crippen molar-refractivity contribution >= 4 is 11.9 Å². The van der Waals surface area contributed by atoms with Crippen LogP contribution in [-0.2, 0) is 24.1 Å². The van der Waals surface area contributed by atoms with E-state index in [1.165, 1.54) is 12.4 Å². The first-order valence-corrected chi connectivity index (χ1v) is 15.3. The van der Waals surface area contributed by atoms with Crippen molar-refractivity contribution in [2.24, 2.45) is 0 Å². The van der Waals surface area contributed by atoms with Gasteiger partial charge in [-0.15, -0.1) is 0 Å². The van der Waals surface area contributed by atoms with Gasteiger partial charge in [-0.1, -0.05) is 55.3 Å². The third-order valence-electron chi connectivity index (χ3n) is 7.42. The van der Waals surface area contributed by atoms with Crippen LogP contribution in [0.3, 0.4) is 0 Å². The average Bonchev–Trinajstić information content (AvgIpc) is 2.99. The first-order chi connectivity index (χ1) is 21.8. The van der Waals surface area contributed by atoms with Gasteiger partial charge in [0.05, 0.1) is 31.2 Å². The fraction of sp³-hybridized carbons (Fsp3) is 0.361. The molecule has 0 spiro atoms. The minimum atomic E-state index is -4.48. The summed E-state index contributed by atoms with van der Waals surface area (Å²) in [6.07, 6.45) is -1.19. The van der Waals surface area contributed by atoms with Crippen molar-refractivity contribution in [3.63, 3.8) is 0 Å². The lowest BCUT2D eigenvalue weighted by Gasteiger charge is -2.26. The first-order valence-electron chi connectivity index (χ1n) is 15.3. The van der Waals surface area contributed by atoms with Gasteiger partial charge in [-0.3, -0.25) is 4.79 Å². The van der Waals surface area contributed by atoms with Gasteiger partial charge in [-0.2, -0.15) is 13.2 Å². The van der Waals surface area contributed by atoms with Gasteiger partial charge in [0.15, 0.2) is 5.75 Å². The summed E-state index contributed by atoms with van der Waals surface area (Å²) in [7, 11) is 0. The zero-order valence-electron chi connectivity index (χ0n) is 26.8. The van der Waals surface area contributed by atoms with Gasteiger partial charge in [0.25, 0.3) is 0 Å². The van der Waals surface area contributed by atoms with Crippen LogP contribution in [0.4, 0.5) is 19.1 Å². The fourth-order valence-corrected chi connectivity index (χ4v) is 5.22. The molecule has 7 nitrogen and oxygen atoms in total. The SMILES string of the molecule is CCOc1ccc(C(C)C)cc1-c1ccc(C)cc1CN(Cc1cc(C)cc(C(F)(F)F)c1)c1ncc(OCCCC(=O)O)cn1. The molecule has 10 heteroatoms. The third kappa shape index (κ3) is 9.22. The lowest BCUT2D eigenvalue weighted by molar-refractivity contribution is -0.138. The van der Waals surface area contributed by atoms with Crippen LogP contribution >= 0.6 is 0 Å². The molecule has 1 aromatic heterocycles. The number of carboxylic acid groups (broad SMARTS) is 1. The molecule has 0 fully saturated rings. The zero-order chi connectivity index (χ0) is 33.4. The van der Waals surface area contributed by atoms with E-state index in [4.69, 9.17) is 14.6 Å². The topological polar surface area (TPSA) is 84.8 Å². The standard InChI is InChI=1S/C36H40F3N3O4/c1-6-45-33-12-10-27(23(2)3)18-32(33)31-11-9-24(4)15-28(31)22-42(21-26-14-25(5)16-29(17-26)36(37,38)39)35-40-19-30(20-41-35)46-13-7-8-34(43)44/h9-12,14-20,23H,6-8,13,21-22H2,1-5H3,(H,43,44). The van der Waals surface area contributed by atoms with Gasteiger partial charge in [0.2, 0.25) is 5.95 Å². The number of alkyl halides is 3. The predicted octanol–water partition coefficient (Wildman–Crippen LogP) is 8.75. The van der Waals surface area contributed by atoms with E-state index in [0.29, 0.717) is 48.3 Å². The van der Waals surface area contributed by atoms with E-state index >= 15 is 0 Å². The van der Waals surface area contributed by atoms with E-state index in [-0.39, 0.29) is 19.6 Å². The second kappa shape index (κ2) is 15.1. The van der Waals surface area contributed by atoms with Crippen molar-refractivity contribution in [1.29, 1.82) is 0 Å². The number of carbonyl (C=O) groups is 1. The van der Waals surface area contributed by atoms with Gasteiger partial charge in [-0.25, -0.2) is 9.97 Å². The molecule has 0 atom stereocenters. The van der Waals surface area contributed by atoms with Crippen molar-refractivity contribution in [2.45, 2.75) is 72.6 Å². The number of rotatable bonds is 14. The monoisotopic (exact) mass is 635 g/mol. The minimum absolute atomic E-state index is 0.0208. The number of hydrogen-bond acceptors (Lipinski definition) is 6. The number of benzene rings is 3. The summed E-state index contributed by atoms with van der Waals surface area (Å²) in [5.74, 6) is 0.809. The molecule has 0 radical (unpaired) electrons.